The number of nitrogens with one attached hydrogen (secondary N) is 1. The number of ether oxygens (including phenoxy) is 2. The van der Waals surface area contributed by atoms with Gasteiger partial charge in [0.1, 0.15) is 11.4 Å². The average molecular weight is 348 g/mol. The van der Waals surface area contributed by atoms with Crippen LogP contribution in [0.3, 0.4) is 0 Å². The number of rotatable bonds is 8. The highest BCUT2D eigenvalue weighted by Gasteiger charge is 2.41. The third-order valence-corrected chi connectivity index (χ3v) is 4.89. The summed E-state index contributed by atoms with van der Waals surface area (Å²) in [5.74, 6) is 1.29. The number of carbonyl (C=O) groups excluding carboxylic acids is 1. The maximum absolute atomic E-state index is 12.8. The summed E-state index contributed by atoms with van der Waals surface area (Å²) in [4.78, 5) is 14.9. The summed E-state index contributed by atoms with van der Waals surface area (Å²) in [6.45, 7) is 3.88. The van der Waals surface area contributed by atoms with Crippen molar-refractivity contribution in [1.82, 2.24) is 4.90 Å². The Hall–Kier alpha value is -1.59. The van der Waals surface area contributed by atoms with Gasteiger partial charge in [0.2, 0.25) is 0 Å². The molecule has 1 aliphatic carbocycles. The zero-order valence-corrected chi connectivity index (χ0v) is 16.0. The topological polar surface area (TPSA) is 50.8 Å². The highest BCUT2D eigenvalue weighted by atomic mass is 16.5. The maximum atomic E-state index is 12.8. The quantitative estimate of drug-likeness (QED) is 0.730. The molecule has 1 fully saturated rings. The van der Waals surface area contributed by atoms with Crippen molar-refractivity contribution in [3.63, 3.8) is 0 Å². The Morgan fingerprint density at radius 3 is 2.64 bits per heavy atom. The summed E-state index contributed by atoms with van der Waals surface area (Å²) in [5.41, 5.74) is 0.0826. The predicted octanol–water partition coefficient (Wildman–Crippen LogP) is 3.55. The maximum Gasteiger partial charge on any atom is 0.256 e. The second-order valence-corrected chi connectivity index (χ2v) is 7.38. The summed E-state index contributed by atoms with van der Waals surface area (Å²) < 4.78 is 11.4. The van der Waals surface area contributed by atoms with Gasteiger partial charge in [-0.3, -0.25) is 4.79 Å². The van der Waals surface area contributed by atoms with Crippen molar-refractivity contribution in [1.29, 1.82) is 0 Å². The SMILES string of the molecule is CO[C@@]1(C(=O)Nc2ccc(OCCCN(C)C)cc2)CCC[C@@H](C)C1. The lowest BCUT2D eigenvalue weighted by molar-refractivity contribution is -0.143. The molecular formula is C20H32N2O3. The highest BCUT2D eigenvalue weighted by molar-refractivity contribution is 5.97. The Morgan fingerprint density at radius 2 is 2.04 bits per heavy atom. The van der Waals surface area contributed by atoms with E-state index in [1.54, 1.807) is 7.11 Å². The first-order valence-electron chi connectivity index (χ1n) is 9.19. The molecule has 0 saturated heterocycles. The second kappa shape index (κ2) is 9.20. The second-order valence-electron chi connectivity index (χ2n) is 7.38. The number of hydrogen-bond donors (Lipinski definition) is 1. The minimum atomic E-state index is -0.695. The molecule has 2 rings (SSSR count). The molecule has 1 N–H and O–H groups in total. The van der Waals surface area contributed by atoms with Gasteiger partial charge in [0.05, 0.1) is 6.61 Å². The van der Waals surface area contributed by atoms with Crippen LogP contribution in [0.25, 0.3) is 0 Å². The minimum Gasteiger partial charge on any atom is -0.494 e. The lowest BCUT2D eigenvalue weighted by atomic mass is 9.78. The van der Waals surface area contributed by atoms with Crippen molar-refractivity contribution in [2.75, 3.05) is 39.7 Å². The van der Waals surface area contributed by atoms with Crippen LogP contribution in [0, 0.1) is 5.92 Å². The Kier molecular flexibility index (Phi) is 7.26. The van der Waals surface area contributed by atoms with E-state index in [9.17, 15) is 4.79 Å². The molecule has 0 unspecified atom stereocenters. The van der Waals surface area contributed by atoms with E-state index in [0.29, 0.717) is 12.5 Å². The van der Waals surface area contributed by atoms with Crippen LogP contribution in [-0.4, -0.2) is 50.8 Å². The van der Waals surface area contributed by atoms with Gasteiger partial charge in [0, 0.05) is 19.3 Å². The largest absolute Gasteiger partial charge is 0.494 e. The van der Waals surface area contributed by atoms with Crippen LogP contribution >= 0.6 is 0 Å². The van der Waals surface area contributed by atoms with Crippen molar-refractivity contribution in [3.05, 3.63) is 24.3 Å². The smallest absolute Gasteiger partial charge is 0.256 e. The fourth-order valence-electron chi connectivity index (χ4n) is 3.44. The van der Waals surface area contributed by atoms with E-state index in [1.165, 1.54) is 0 Å². The molecule has 0 bridgehead atoms. The molecule has 140 valence electrons. The number of carbonyl (C=O) groups is 1. The predicted molar refractivity (Wildman–Crippen MR) is 101 cm³/mol. The number of methoxy groups -OCH3 is 1. The van der Waals surface area contributed by atoms with Crippen LogP contribution in [0.1, 0.15) is 39.0 Å². The summed E-state index contributed by atoms with van der Waals surface area (Å²) in [7, 11) is 5.75. The Morgan fingerprint density at radius 1 is 1.32 bits per heavy atom. The van der Waals surface area contributed by atoms with Crippen LogP contribution in [0.5, 0.6) is 5.75 Å². The molecule has 1 aromatic rings. The van der Waals surface area contributed by atoms with Crippen LogP contribution < -0.4 is 10.1 Å². The molecule has 1 saturated carbocycles. The van der Waals surface area contributed by atoms with Gasteiger partial charge >= 0.3 is 0 Å². The van der Waals surface area contributed by atoms with Gasteiger partial charge in [-0.25, -0.2) is 0 Å². The minimum absolute atomic E-state index is 0.0406. The van der Waals surface area contributed by atoms with Crippen molar-refractivity contribution in [2.45, 2.75) is 44.6 Å². The fraction of sp³-hybridized carbons (Fsp3) is 0.650. The molecule has 1 aromatic carbocycles. The van der Waals surface area contributed by atoms with Gasteiger partial charge in [-0.15, -0.1) is 0 Å². The fourth-order valence-corrected chi connectivity index (χ4v) is 3.44. The highest BCUT2D eigenvalue weighted by Crippen LogP contribution is 2.35. The number of hydrogen-bond acceptors (Lipinski definition) is 4. The average Bonchev–Trinajstić information content (AvgIpc) is 2.59. The van der Waals surface area contributed by atoms with Gasteiger partial charge in [-0.05, 0) is 70.0 Å². The molecular weight excluding hydrogens is 316 g/mol. The molecule has 0 spiro atoms. The van der Waals surface area contributed by atoms with Crippen molar-refractivity contribution in [3.8, 4) is 5.75 Å². The molecule has 0 heterocycles. The number of anilines is 1. The molecule has 1 amide bonds. The van der Waals surface area contributed by atoms with E-state index < -0.39 is 5.60 Å². The summed E-state index contributed by atoms with van der Waals surface area (Å²) in [6.07, 6.45) is 4.75. The van der Waals surface area contributed by atoms with Gasteiger partial charge < -0.3 is 19.7 Å². The molecule has 5 heteroatoms. The molecule has 5 nitrogen and oxygen atoms in total. The first kappa shape index (κ1) is 19.7. The van der Waals surface area contributed by atoms with E-state index in [-0.39, 0.29) is 5.91 Å². The van der Waals surface area contributed by atoms with Crippen molar-refractivity contribution in [2.24, 2.45) is 5.92 Å². The summed E-state index contributed by atoms with van der Waals surface area (Å²) in [5, 5.41) is 3.01. The van der Waals surface area contributed by atoms with Gasteiger partial charge in [0.25, 0.3) is 5.91 Å². The zero-order chi connectivity index (χ0) is 18.3. The van der Waals surface area contributed by atoms with E-state index >= 15 is 0 Å². The monoisotopic (exact) mass is 348 g/mol. The molecule has 2 atom stereocenters. The number of benzene rings is 1. The van der Waals surface area contributed by atoms with Crippen LogP contribution in [-0.2, 0) is 9.53 Å². The van der Waals surface area contributed by atoms with E-state index in [4.69, 9.17) is 9.47 Å². The van der Waals surface area contributed by atoms with Gasteiger partial charge in [-0.1, -0.05) is 13.3 Å². The Balaban J connectivity index is 1.88. The first-order chi connectivity index (χ1) is 11.9. The number of amides is 1. The van der Waals surface area contributed by atoms with Crippen molar-refractivity contribution < 1.29 is 14.3 Å². The molecule has 25 heavy (non-hydrogen) atoms. The van der Waals surface area contributed by atoms with Crippen LogP contribution in [0.4, 0.5) is 5.69 Å². The summed E-state index contributed by atoms with van der Waals surface area (Å²) >= 11 is 0. The van der Waals surface area contributed by atoms with E-state index in [2.05, 4.69) is 31.2 Å². The third-order valence-electron chi connectivity index (χ3n) is 4.89. The van der Waals surface area contributed by atoms with Crippen LogP contribution in [0.15, 0.2) is 24.3 Å². The van der Waals surface area contributed by atoms with E-state index in [1.807, 2.05) is 24.3 Å². The summed E-state index contributed by atoms with van der Waals surface area (Å²) in [6, 6.07) is 7.56. The van der Waals surface area contributed by atoms with Crippen molar-refractivity contribution >= 4 is 11.6 Å². The standard InChI is InChI=1S/C20H32N2O3/c1-16-7-5-12-20(15-16,24-4)19(23)21-17-8-10-18(11-9-17)25-14-6-13-22(2)3/h8-11,16H,5-7,12-15H2,1-4H3,(H,21,23)/t16-,20+/m1/s1. The molecule has 0 radical (unpaired) electrons. The lowest BCUT2D eigenvalue weighted by Crippen LogP contribution is -2.47. The molecule has 0 aliphatic heterocycles. The third kappa shape index (κ3) is 5.72. The molecule has 1 aliphatic rings. The van der Waals surface area contributed by atoms with Gasteiger partial charge in [-0.2, -0.15) is 0 Å². The van der Waals surface area contributed by atoms with Crippen LogP contribution in [0.2, 0.25) is 0 Å². The zero-order valence-electron chi connectivity index (χ0n) is 16.0. The lowest BCUT2D eigenvalue weighted by Gasteiger charge is -2.37. The first-order valence-corrected chi connectivity index (χ1v) is 9.19. The Labute approximate surface area is 151 Å². The normalized spacial score (nSPS) is 23.5. The Bertz CT molecular complexity index is 544. The van der Waals surface area contributed by atoms with E-state index in [0.717, 1.165) is 50.1 Å². The number of nitrogens with zero attached hydrogens (tertiary/aromatic N) is 1. The van der Waals surface area contributed by atoms with Gasteiger partial charge in [0.15, 0.2) is 0 Å². The molecule has 0 aromatic heterocycles.